The van der Waals surface area contributed by atoms with Crippen molar-refractivity contribution in [3.05, 3.63) is 126 Å². The zero-order valence-electron chi connectivity index (χ0n) is 23.1. The number of hydrogen-bond donors (Lipinski definition) is 0. The number of esters is 1. The summed E-state index contributed by atoms with van der Waals surface area (Å²) < 4.78 is 11.1. The van der Waals surface area contributed by atoms with Gasteiger partial charge in [0.25, 0.3) is 0 Å². The standard InChI is InChI=1S/C34H30N4O2/c1-5-37-22(2)30(26-12-6-7-14-29(26)37)34(31-27(33(39)40-34)13-10-19-35-31)32-28(21-25-11-8-9-20-38(25)32)23-15-17-24(18-16-23)36(3)4/h6-21H,5H2,1-4H3. The summed E-state index contributed by atoms with van der Waals surface area (Å²) in [7, 11) is 4.07. The molecule has 6 aromatic rings. The maximum atomic E-state index is 13.7. The molecule has 0 saturated carbocycles. The number of anilines is 1. The van der Waals surface area contributed by atoms with E-state index in [1.807, 2.05) is 44.6 Å². The second kappa shape index (κ2) is 8.85. The molecule has 2 aromatic carbocycles. The van der Waals surface area contributed by atoms with Gasteiger partial charge < -0.3 is 18.6 Å². The second-order valence-corrected chi connectivity index (χ2v) is 10.5. The Balaban J connectivity index is 1.66. The molecule has 0 bridgehead atoms. The van der Waals surface area contributed by atoms with Gasteiger partial charge in [0.2, 0.25) is 5.60 Å². The predicted octanol–water partition coefficient (Wildman–Crippen LogP) is 6.81. The first kappa shape index (κ1) is 24.2. The highest BCUT2D eigenvalue weighted by Gasteiger charge is 2.55. The number of carbonyl (C=O) groups excluding carboxylic acids is 1. The van der Waals surface area contributed by atoms with Crippen LogP contribution in [0.25, 0.3) is 27.5 Å². The van der Waals surface area contributed by atoms with Crippen molar-refractivity contribution in [2.75, 3.05) is 19.0 Å². The minimum atomic E-state index is -1.26. The minimum Gasteiger partial charge on any atom is -0.437 e. The van der Waals surface area contributed by atoms with E-state index >= 15 is 0 Å². The predicted molar refractivity (Wildman–Crippen MR) is 159 cm³/mol. The van der Waals surface area contributed by atoms with E-state index in [1.165, 1.54) is 0 Å². The summed E-state index contributed by atoms with van der Waals surface area (Å²) in [6.07, 6.45) is 3.80. The Hall–Kier alpha value is -4.84. The molecule has 1 unspecified atom stereocenters. The molecule has 1 aliphatic heterocycles. The average Bonchev–Trinajstić information content (AvgIpc) is 3.60. The van der Waals surface area contributed by atoms with Gasteiger partial charge in [-0.05, 0) is 67.9 Å². The van der Waals surface area contributed by atoms with E-state index in [2.05, 4.69) is 82.3 Å². The summed E-state index contributed by atoms with van der Waals surface area (Å²) in [6.45, 7) is 5.06. The number of hydrogen-bond acceptors (Lipinski definition) is 4. The number of benzene rings is 2. The van der Waals surface area contributed by atoms with E-state index in [1.54, 1.807) is 12.3 Å². The van der Waals surface area contributed by atoms with Crippen molar-refractivity contribution in [1.29, 1.82) is 0 Å². The molecule has 1 atom stereocenters. The zero-order valence-corrected chi connectivity index (χ0v) is 23.1. The van der Waals surface area contributed by atoms with Crippen molar-refractivity contribution in [1.82, 2.24) is 14.0 Å². The Labute approximate surface area is 233 Å². The summed E-state index contributed by atoms with van der Waals surface area (Å²) in [4.78, 5) is 20.7. The number of cyclic esters (lactones) is 1. The van der Waals surface area contributed by atoms with Gasteiger partial charge in [0.1, 0.15) is 5.69 Å². The van der Waals surface area contributed by atoms with Crippen LogP contribution in [-0.2, 0) is 16.9 Å². The maximum absolute atomic E-state index is 13.7. The monoisotopic (exact) mass is 526 g/mol. The van der Waals surface area contributed by atoms with E-state index in [0.717, 1.165) is 56.7 Å². The van der Waals surface area contributed by atoms with E-state index < -0.39 is 5.60 Å². The molecule has 6 heteroatoms. The normalized spacial score (nSPS) is 16.4. The third kappa shape index (κ3) is 3.22. The van der Waals surface area contributed by atoms with Crippen LogP contribution in [0.3, 0.4) is 0 Å². The van der Waals surface area contributed by atoms with Crippen LogP contribution in [0.15, 0.2) is 97.3 Å². The summed E-state index contributed by atoms with van der Waals surface area (Å²) in [5, 5.41) is 1.05. The summed E-state index contributed by atoms with van der Waals surface area (Å²) in [5.74, 6) is -0.365. The third-order valence-corrected chi connectivity index (χ3v) is 8.21. The molecule has 0 radical (unpaired) electrons. The number of aryl methyl sites for hydroxylation is 1. The fraction of sp³-hybridized carbons (Fsp3) is 0.176. The molecular formula is C34H30N4O2. The number of fused-ring (bicyclic) bond motifs is 3. The molecule has 0 fully saturated rings. The van der Waals surface area contributed by atoms with Crippen LogP contribution in [0.5, 0.6) is 0 Å². The Morgan fingerprint density at radius 2 is 1.70 bits per heavy atom. The molecule has 4 aromatic heterocycles. The van der Waals surface area contributed by atoms with Crippen LogP contribution in [0.4, 0.5) is 5.69 Å². The van der Waals surface area contributed by atoms with Gasteiger partial charge >= 0.3 is 5.97 Å². The van der Waals surface area contributed by atoms with Crippen molar-refractivity contribution in [3.8, 4) is 11.1 Å². The highest BCUT2D eigenvalue weighted by atomic mass is 16.6. The molecule has 198 valence electrons. The summed E-state index contributed by atoms with van der Waals surface area (Å²) in [6, 6.07) is 28.8. The van der Waals surface area contributed by atoms with Crippen molar-refractivity contribution in [2.24, 2.45) is 0 Å². The number of para-hydroxylation sites is 1. The molecule has 5 heterocycles. The maximum Gasteiger partial charge on any atom is 0.341 e. The van der Waals surface area contributed by atoms with Gasteiger partial charge in [-0.3, -0.25) is 4.98 Å². The Morgan fingerprint density at radius 3 is 2.48 bits per heavy atom. The molecule has 0 amide bonds. The van der Waals surface area contributed by atoms with Gasteiger partial charge in [0.05, 0.1) is 11.3 Å². The molecular weight excluding hydrogens is 496 g/mol. The lowest BCUT2D eigenvalue weighted by Crippen LogP contribution is -2.33. The fourth-order valence-electron chi connectivity index (χ4n) is 6.47. The Morgan fingerprint density at radius 1 is 0.925 bits per heavy atom. The van der Waals surface area contributed by atoms with E-state index in [0.29, 0.717) is 11.3 Å². The minimum absolute atomic E-state index is 0.365. The highest BCUT2D eigenvalue weighted by Crippen LogP contribution is 2.53. The first-order valence-electron chi connectivity index (χ1n) is 13.6. The van der Waals surface area contributed by atoms with Crippen LogP contribution in [0.1, 0.15) is 39.9 Å². The van der Waals surface area contributed by atoms with E-state index in [9.17, 15) is 4.79 Å². The van der Waals surface area contributed by atoms with Crippen LogP contribution in [0, 0.1) is 6.92 Å². The highest BCUT2D eigenvalue weighted by molar-refractivity contribution is 5.99. The van der Waals surface area contributed by atoms with Gasteiger partial charge in [0.15, 0.2) is 0 Å². The Bertz CT molecular complexity index is 1930. The molecule has 0 spiro atoms. The van der Waals surface area contributed by atoms with Crippen LogP contribution < -0.4 is 4.90 Å². The molecule has 7 rings (SSSR count). The quantitative estimate of drug-likeness (QED) is 0.232. The molecule has 0 N–H and O–H groups in total. The largest absolute Gasteiger partial charge is 0.437 e. The summed E-state index contributed by atoms with van der Waals surface area (Å²) in [5.41, 5.74) is 8.00. The fourth-order valence-corrected chi connectivity index (χ4v) is 6.47. The van der Waals surface area contributed by atoms with Gasteiger partial charge in [-0.15, -0.1) is 0 Å². The van der Waals surface area contributed by atoms with Crippen molar-refractivity contribution in [3.63, 3.8) is 0 Å². The van der Waals surface area contributed by atoms with Crippen molar-refractivity contribution >= 4 is 28.1 Å². The first-order chi connectivity index (χ1) is 19.5. The van der Waals surface area contributed by atoms with E-state index in [4.69, 9.17) is 9.72 Å². The number of aromatic nitrogens is 3. The zero-order chi connectivity index (χ0) is 27.6. The van der Waals surface area contributed by atoms with Crippen LogP contribution in [0.2, 0.25) is 0 Å². The van der Waals surface area contributed by atoms with Gasteiger partial charge in [-0.25, -0.2) is 4.79 Å². The van der Waals surface area contributed by atoms with Gasteiger partial charge in [0, 0.05) is 72.0 Å². The molecule has 0 saturated heterocycles. The number of carbonyl (C=O) groups is 1. The smallest absolute Gasteiger partial charge is 0.341 e. The lowest BCUT2D eigenvalue weighted by atomic mass is 9.81. The molecule has 1 aliphatic rings. The number of ether oxygens (including phenoxy) is 1. The van der Waals surface area contributed by atoms with Gasteiger partial charge in [-0.2, -0.15) is 0 Å². The second-order valence-electron chi connectivity index (χ2n) is 10.5. The van der Waals surface area contributed by atoms with Crippen molar-refractivity contribution < 1.29 is 9.53 Å². The SMILES string of the molecule is CCn1c(C)c(C2(c3c(-c4ccc(N(C)C)cc4)cc4ccccn34)OC(=O)c3cccnc32)c2ccccc21. The van der Waals surface area contributed by atoms with Crippen molar-refractivity contribution in [2.45, 2.75) is 26.0 Å². The lowest BCUT2D eigenvalue weighted by molar-refractivity contribution is 0.0232. The average molecular weight is 527 g/mol. The molecule has 6 nitrogen and oxygen atoms in total. The topological polar surface area (TPSA) is 51.8 Å². The van der Waals surface area contributed by atoms with Crippen LogP contribution in [-0.4, -0.2) is 34.0 Å². The van der Waals surface area contributed by atoms with Gasteiger partial charge in [-0.1, -0.05) is 36.4 Å². The number of pyridine rings is 2. The first-order valence-corrected chi connectivity index (χ1v) is 13.6. The number of rotatable bonds is 5. The van der Waals surface area contributed by atoms with E-state index in [-0.39, 0.29) is 5.97 Å². The lowest BCUT2D eigenvalue weighted by Gasteiger charge is -2.31. The molecule has 40 heavy (non-hydrogen) atoms. The summed E-state index contributed by atoms with van der Waals surface area (Å²) >= 11 is 0. The Kier molecular flexibility index (Phi) is 5.36. The third-order valence-electron chi connectivity index (χ3n) is 8.21. The molecule has 0 aliphatic carbocycles. The van der Waals surface area contributed by atoms with Crippen LogP contribution >= 0.6 is 0 Å². The number of nitrogens with zero attached hydrogens (tertiary/aromatic N) is 4.